The monoisotopic (exact) mass is 484 g/mol. The molecule has 0 heterocycles. The lowest BCUT2D eigenvalue weighted by Gasteiger charge is -2.52. The van der Waals surface area contributed by atoms with Gasteiger partial charge >= 0.3 is 0 Å². The second kappa shape index (κ2) is 8.83. The molecule has 2 fully saturated rings. The van der Waals surface area contributed by atoms with Crippen LogP contribution in [0.15, 0.2) is 71.6 Å². The number of phenols is 1. The molecule has 0 spiro atoms. The van der Waals surface area contributed by atoms with Gasteiger partial charge in [0.05, 0.1) is 6.10 Å². The summed E-state index contributed by atoms with van der Waals surface area (Å²) in [5.41, 5.74) is 5.67. The van der Waals surface area contributed by atoms with Crippen molar-refractivity contribution in [3.63, 3.8) is 0 Å². The number of aliphatic hydroxyl groups is 1. The van der Waals surface area contributed by atoms with Gasteiger partial charge in [0, 0.05) is 15.7 Å². The topological polar surface area (TPSA) is 57.5 Å². The first kappa shape index (κ1) is 22.9. The number of aldehydes is 1. The maximum atomic E-state index is 11.0. The van der Waals surface area contributed by atoms with Crippen molar-refractivity contribution in [2.45, 2.75) is 61.2 Å². The number of carbonyl (C=O) groups excluding carboxylic acids is 1. The van der Waals surface area contributed by atoms with Gasteiger partial charge in [-0.15, -0.1) is 11.8 Å². The molecule has 4 heteroatoms. The minimum Gasteiger partial charge on any atom is -0.508 e. The second-order valence-corrected chi connectivity index (χ2v) is 12.2. The van der Waals surface area contributed by atoms with Crippen LogP contribution in [0.5, 0.6) is 5.75 Å². The molecule has 3 unspecified atom stereocenters. The van der Waals surface area contributed by atoms with Crippen molar-refractivity contribution in [3.05, 3.63) is 83.4 Å². The van der Waals surface area contributed by atoms with Crippen LogP contribution < -0.4 is 0 Å². The maximum absolute atomic E-state index is 11.0. The number of hydrogen-bond donors (Lipinski definition) is 2. The van der Waals surface area contributed by atoms with Crippen molar-refractivity contribution in [1.29, 1.82) is 0 Å². The molecule has 0 amide bonds. The molecule has 2 saturated carbocycles. The van der Waals surface area contributed by atoms with E-state index in [-0.39, 0.29) is 11.5 Å². The van der Waals surface area contributed by atoms with Crippen molar-refractivity contribution in [2.24, 2.45) is 17.3 Å². The molecule has 3 nitrogen and oxygen atoms in total. The highest BCUT2D eigenvalue weighted by Crippen LogP contribution is 2.62. The number of aromatic hydroxyl groups is 1. The molecule has 0 bridgehead atoms. The summed E-state index contributed by atoms with van der Waals surface area (Å²) >= 11 is 1.97. The Bertz CT molecular complexity index is 1240. The van der Waals surface area contributed by atoms with E-state index < -0.39 is 0 Å². The van der Waals surface area contributed by atoms with Gasteiger partial charge in [-0.1, -0.05) is 49.4 Å². The van der Waals surface area contributed by atoms with Crippen LogP contribution in [0.25, 0.3) is 11.1 Å². The van der Waals surface area contributed by atoms with Crippen LogP contribution in [0.2, 0.25) is 0 Å². The molecule has 180 valence electrons. The molecule has 3 aliphatic rings. The van der Waals surface area contributed by atoms with Gasteiger partial charge in [-0.25, -0.2) is 0 Å². The van der Waals surface area contributed by atoms with E-state index in [9.17, 15) is 15.0 Å². The molecular weight excluding hydrogens is 452 g/mol. The van der Waals surface area contributed by atoms with E-state index in [2.05, 4.69) is 37.3 Å². The molecule has 0 radical (unpaired) electrons. The smallest absolute Gasteiger partial charge is 0.150 e. The van der Waals surface area contributed by atoms with E-state index in [1.807, 2.05) is 48.2 Å². The molecule has 0 saturated heterocycles. The predicted octanol–water partition coefficient (Wildman–Crippen LogP) is 6.86. The highest BCUT2D eigenvalue weighted by molar-refractivity contribution is 8.00. The van der Waals surface area contributed by atoms with Gasteiger partial charge in [-0.3, -0.25) is 4.79 Å². The molecule has 0 aromatic heterocycles. The van der Waals surface area contributed by atoms with Crippen LogP contribution in [-0.4, -0.2) is 27.9 Å². The van der Waals surface area contributed by atoms with Crippen molar-refractivity contribution in [3.8, 4) is 16.9 Å². The fourth-order valence-electron chi connectivity index (χ4n) is 7.31. The fraction of sp³-hybridized carbons (Fsp3) is 0.387. The lowest BCUT2D eigenvalue weighted by Crippen LogP contribution is -2.48. The van der Waals surface area contributed by atoms with E-state index >= 15 is 0 Å². The summed E-state index contributed by atoms with van der Waals surface area (Å²) in [4.78, 5) is 12.2. The number of fused-ring (bicyclic) bond motifs is 5. The summed E-state index contributed by atoms with van der Waals surface area (Å²) < 4.78 is 0. The number of thioether (sulfide) groups is 1. The number of rotatable bonds is 4. The molecule has 6 rings (SSSR count). The molecule has 0 aliphatic heterocycles. The molecule has 3 aromatic carbocycles. The lowest BCUT2D eigenvalue weighted by atomic mass is 9.55. The Morgan fingerprint density at radius 2 is 1.66 bits per heavy atom. The molecular formula is C31H32O3S. The second-order valence-electron chi connectivity index (χ2n) is 10.9. The van der Waals surface area contributed by atoms with Crippen LogP contribution in [0, 0.1) is 17.3 Å². The first-order valence-electron chi connectivity index (χ1n) is 12.8. The standard InChI is InChI=1S/C31H32O3S/c1-31-15-14-26-25-11-8-23(33)16-22(25)17-28(30(26)27(31)12-13-29(31)34)35-24-9-6-21(7-10-24)20-4-2-19(18-32)3-5-20/h2-11,16,18,26-30,33-34H,12-15,17H2,1H3/t26?,27?,28-,29+,30?,31+/m1/s1. The van der Waals surface area contributed by atoms with Crippen LogP contribution in [0.3, 0.4) is 0 Å². The summed E-state index contributed by atoms with van der Waals surface area (Å²) in [5, 5.41) is 21.5. The zero-order valence-electron chi connectivity index (χ0n) is 20.1. The zero-order chi connectivity index (χ0) is 24.2. The zero-order valence-corrected chi connectivity index (χ0v) is 20.9. The van der Waals surface area contributed by atoms with Gasteiger partial charge < -0.3 is 10.2 Å². The molecule has 35 heavy (non-hydrogen) atoms. The van der Waals surface area contributed by atoms with Gasteiger partial charge in [-0.05, 0) is 102 Å². The summed E-state index contributed by atoms with van der Waals surface area (Å²) in [6, 6.07) is 22.5. The minimum atomic E-state index is -0.190. The van der Waals surface area contributed by atoms with Crippen LogP contribution >= 0.6 is 11.8 Å². The third-order valence-electron chi connectivity index (χ3n) is 9.18. The Kier molecular flexibility index (Phi) is 5.77. The van der Waals surface area contributed by atoms with Crippen molar-refractivity contribution in [1.82, 2.24) is 0 Å². The van der Waals surface area contributed by atoms with E-state index in [0.29, 0.717) is 34.3 Å². The van der Waals surface area contributed by atoms with Crippen LogP contribution in [-0.2, 0) is 6.42 Å². The lowest BCUT2D eigenvalue weighted by molar-refractivity contribution is -0.0209. The van der Waals surface area contributed by atoms with Crippen LogP contribution in [0.1, 0.15) is 60.0 Å². The van der Waals surface area contributed by atoms with E-state index in [1.165, 1.54) is 16.0 Å². The van der Waals surface area contributed by atoms with Gasteiger partial charge in [-0.2, -0.15) is 0 Å². The number of aliphatic hydroxyl groups excluding tert-OH is 1. The van der Waals surface area contributed by atoms with E-state index in [1.54, 1.807) is 0 Å². The maximum Gasteiger partial charge on any atom is 0.150 e. The number of hydrogen-bond acceptors (Lipinski definition) is 4. The average Bonchev–Trinajstić information content (AvgIpc) is 3.18. The molecule has 6 atom stereocenters. The third-order valence-corrected chi connectivity index (χ3v) is 10.5. The van der Waals surface area contributed by atoms with Gasteiger partial charge in [0.25, 0.3) is 0 Å². The number of carbonyl (C=O) groups is 1. The summed E-state index contributed by atoms with van der Waals surface area (Å²) in [6.45, 7) is 2.32. The van der Waals surface area contributed by atoms with Crippen LogP contribution in [0.4, 0.5) is 0 Å². The molecule has 3 aromatic rings. The Labute approximate surface area is 211 Å². The van der Waals surface area contributed by atoms with Gasteiger partial charge in [0.1, 0.15) is 12.0 Å². The minimum absolute atomic E-state index is 0.0198. The SMILES string of the molecule is C[C@]12CCC3c4ccc(O)cc4C[C@@H](Sc4ccc(-c5ccc(C=O)cc5)cc4)C3C1CC[C@@H]2O. The predicted molar refractivity (Wildman–Crippen MR) is 141 cm³/mol. The molecule has 3 aliphatic carbocycles. The Morgan fingerprint density at radius 1 is 0.943 bits per heavy atom. The fourth-order valence-corrected chi connectivity index (χ4v) is 8.75. The largest absolute Gasteiger partial charge is 0.508 e. The summed E-state index contributed by atoms with van der Waals surface area (Å²) in [7, 11) is 0. The number of phenolic OH excluding ortho intramolecular Hbond substituents is 1. The highest BCUT2D eigenvalue weighted by atomic mass is 32.2. The van der Waals surface area contributed by atoms with Crippen molar-refractivity contribution >= 4 is 18.0 Å². The Balaban J connectivity index is 1.31. The Morgan fingerprint density at radius 3 is 2.37 bits per heavy atom. The first-order chi connectivity index (χ1) is 17.0. The normalized spacial score (nSPS) is 31.3. The quantitative estimate of drug-likeness (QED) is 0.397. The third kappa shape index (κ3) is 3.91. The summed E-state index contributed by atoms with van der Waals surface area (Å²) in [5.74, 6) is 1.92. The Hall–Kier alpha value is -2.56. The van der Waals surface area contributed by atoms with E-state index in [0.717, 1.165) is 49.5 Å². The van der Waals surface area contributed by atoms with E-state index in [4.69, 9.17) is 0 Å². The molecule has 2 N–H and O–H groups in total. The van der Waals surface area contributed by atoms with Crippen molar-refractivity contribution in [2.75, 3.05) is 0 Å². The highest BCUT2D eigenvalue weighted by Gasteiger charge is 2.56. The average molecular weight is 485 g/mol. The summed E-state index contributed by atoms with van der Waals surface area (Å²) in [6.07, 6.45) is 5.85. The van der Waals surface area contributed by atoms with Gasteiger partial charge in [0.15, 0.2) is 0 Å². The van der Waals surface area contributed by atoms with Gasteiger partial charge in [0.2, 0.25) is 0 Å². The first-order valence-corrected chi connectivity index (χ1v) is 13.7. The number of benzene rings is 3. The van der Waals surface area contributed by atoms with Crippen molar-refractivity contribution < 1.29 is 15.0 Å².